The summed E-state index contributed by atoms with van der Waals surface area (Å²) in [5.41, 5.74) is 3.46. The van der Waals surface area contributed by atoms with Crippen LogP contribution >= 0.6 is 0 Å². The molecule has 0 bridgehead atoms. The van der Waals surface area contributed by atoms with Gasteiger partial charge in [0.25, 0.3) is 5.91 Å². The van der Waals surface area contributed by atoms with E-state index in [1.165, 1.54) is 0 Å². The maximum Gasteiger partial charge on any atom is 0.253 e. The summed E-state index contributed by atoms with van der Waals surface area (Å²) < 4.78 is 16.6. The lowest BCUT2D eigenvalue weighted by Crippen LogP contribution is -2.39. The molecule has 1 amide bonds. The van der Waals surface area contributed by atoms with Gasteiger partial charge in [0, 0.05) is 33.0 Å². The number of carbonyl (C=O) groups excluding carboxylic acids is 1. The molecule has 1 saturated heterocycles. The molecule has 8 heteroatoms. The van der Waals surface area contributed by atoms with Gasteiger partial charge in [-0.15, -0.1) is 0 Å². The minimum absolute atomic E-state index is 0.0274. The number of aromatic nitrogens is 2. The largest absolute Gasteiger partial charge is 0.489 e. The SMILES string of the molecule is COCCOCc1ccc(OC2CCN(c3nc4c(cc3C)C(=O)NC4)CC2)cn1. The van der Waals surface area contributed by atoms with Gasteiger partial charge < -0.3 is 24.4 Å². The van der Waals surface area contributed by atoms with Gasteiger partial charge in [0.05, 0.1) is 49.5 Å². The number of aryl methyl sites for hydroxylation is 1. The number of pyridine rings is 2. The number of hydrogen-bond donors (Lipinski definition) is 1. The van der Waals surface area contributed by atoms with Crippen LogP contribution in [0.2, 0.25) is 0 Å². The predicted molar refractivity (Wildman–Crippen MR) is 112 cm³/mol. The summed E-state index contributed by atoms with van der Waals surface area (Å²) in [4.78, 5) is 23.3. The van der Waals surface area contributed by atoms with E-state index in [1.807, 2.05) is 25.1 Å². The van der Waals surface area contributed by atoms with Crippen molar-refractivity contribution in [3.63, 3.8) is 0 Å². The molecule has 0 unspecified atom stereocenters. The minimum Gasteiger partial charge on any atom is -0.489 e. The molecule has 4 heterocycles. The number of anilines is 1. The van der Waals surface area contributed by atoms with E-state index in [4.69, 9.17) is 19.2 Å². The molecular weight excluding hydrogens is 384 g/mol. The van der Waals surface area contributed by atoms with Crippen LogP contribution in [-0.2, 0) is 22.6 Å². The van der Waals surface area contributed by atoms with Gasteiger partial charge in [-0.05, 0) is 30.7 Å². The van der Waals surface area contributed by atoms with Gasteiger partial charge in [0.2, 0.25) is 0 Å². The first-order valence-electron chi connectivity index (χ1n) is 10.4. The Labute approximate surface area is 176 Å². The molecule has 160 valence electrons. The van der Waals surface area contributed by atoms with Crippen molar-refractivity contribution in [3.05, 3.63) is 46.9 Å². The molecule has 1 fully saturated rings. The number of amides is 1. The Balaban J connectivity index is 1.28. The Bertz CT molecular complexity index is 879. The van der Waals surface area contributed by atoms with Crippen LogP contribution in [0.5, 0.6) is 5.75 Å². The molecule has 8 nitrogen and oxygen atoms in total. The number of nitrogens with zero attached hydrogens (tertiary/aromatic N) is 3. The van der Waals surface area contributed by atoms with Gasteiger partial charge in [-0.2, -0.15) is 0 Å². The van der Waals surface area contributed by atoms with Crippen molar-refractivity contribution in [1.29, 1.82) is 0 Å². The van der Waals surface area contributed by atoms with Crippen LogP contribution in [0.1, 0.15) is 40.2 Å². The number of ether oxygens (including phenoxy) is 3. The molecule has 2 aromatic rings. The van der Waals surface area contributed by atoms with Gasteiger partial charge >= 0.3 is 0 Å². The number of nitrogens with one attached hydrogen (secondary N) is 1. The third-order valence-electron chi connectivity index (χ3n) is 5.45. The van der Waals surface area contributed by atoms with E-state index in [1.54, 1.807) is 13.3 Å². The average Bonchev–Trinajstić information content (AvgIpc) is 3.12. The lowest BCUT2D eigenvalue weighted by molar-refractivity contribution is 0.0601. The van der Waals surface area contributed by atoms with Crippen LogP contribution in [0, 0.1) is 6.92 Å². The number of rotatable bonds is 8. The fourth-order valence-corrected chi connectivity index (χ4v) is 3.81. The monoisotopic (exact) mass is 412 g/mol. The third-order valence-corrected chi connectivity index (χ3v) is 5.45. The van der Waals surface area contributed by atoms with Crippen molar-refractivity contribution < 1.29 is 19.0 Å². The highest BCUT2D eigenvalue weighted by Crippen LogP contribution is 2.27. The van der Waals surface area contributed by atoms with Crippen molar-refractivity contribution in [2.24, 2.45) is 0 Å². The van der Waals surface area contributed by atoms with E-state index in [0.717, 1.165) is 54.4 Å². The first kappa shape index (κ1) is 20.6. The Kier molecular flexibility index (Phi) is 6.44. The first-order chi connectivity index (χ1) is 14.6. The van der Waals surface area contributed by atoms with Crippen LogP contribution < -0.4 is 15.0 Å². The molecule has 4 rings (SSSR count). The summed E-state index contributed by atoms with van der Waals surface area (Å²) in [6.45, 7) is 5.88. The Morgan fingerprint density at radius 3 is 2.80 bits per heavy atom. The second-order valence-corrected chi connectivity index (χ2v) is 7.64. The number of piperidine rings is 1. The molecule has 0 aromatic carbocycles. The average molecular weight is 412 g/mol. The quantitative estimate of drug-likeness (QED) is 0.666. The van der Waals surface area contributed by atoms with Gasteiger partial charge in [-0.1, -0.05) is 0 Å². The van der Waals surface area contributed by atoms with Gasteiger partial charge in [-0.3, -0.25) is 9.78 Å². The normalized spacial score (nSPS) is 16.5. The molecule has 2 aliphatic heterocycles. The fourth-order valence-electron chi connectivity index (χ4n) is 3.81. The lowest BCUT2D eigenvalue weighted by atomic mass is 10.1. The van der Waals surface area contributed by atoms with E-state index in [-0.39, 0.29) is 12.0 Å². The molecule has 0 spiro atoms. The molecule has 2 aliphatic rings. The predicted octanol–water partition coefficient (Wildman–Crippen LogP) is 2.24. The number of methoxy groups -OCH3 is 1. The number of fused-ring (bicyclic) bond motifs is 1. The molecule has 0 saturated carbocycles. The summed E-state index contributed by atoms with van der Waals surface area (Å²) in [7, 11) is 1.65. The molecule has 30 heavy (non-hydrogen) atoms. The smallest absolute Gasteiger partial charge is 0.253 e. The zero-order valence-electron chi connectivity index (χ0n) is 17.5. The zero-order valence-corrected chi connectivity index (χ0v) is 17.5. The van der Waals surface area contributed by atoms with Crippen LogP contribution in [0.4, 0.5) is 5.82 Å². The summed E-state index contributed by atoms with van der Waals surface area (Å²) in [5, 5.41) is 2.84. The van der Waals surface area contributed by atoms with E-state index in [2.05, 4.69) is 15.2 Å². The minimum atomic E-state index is -0.0274. The maximum absolute atomic E-state index is 11.8. The Morgan fingerprint density at radius 1 is 1.23 bits per heavy atom. The summed E-state index contributed by atoms with van der Waals surface area (Å²) in [6, 6.07) is 5.84. The highest BCUT2D eigenvalue weighted by Gasteiger charge is 2.26. The maximum atomic E-state index is 11.8. The molecular formula is C22H28N4O4. The van der Waals surface area contributed by atoms with E-state index in [9.17, 15) is 4.79 Å². The second kappa shape index (κ2) is 9.40. The Morgan fingerprint density at radius 2 is 2.07 bits per heavy atom. The molecule has 0 atom stereocenters. The third kappa shape index (κ3) is 4.71. The van der Waals surface area contributed by atoms with Crippen LogP contribution in [0.15, 0.2) is 24.4 Å². The Hall–Kier alpha value is -2.71. The molecule has 0 aliphatic carbocycles. The summed E-state index contributed by atoms with van der Waals surface area (Å²) in [5.74, 6) is 1.73. The second-order valence-electron chi connectivity index (χ2n) is 7.64. The zero-order chi connectivity index (χ0) is 20.9. The van der Waals surface area contributed by atoms with E-state index in [0.29, 0.717) is 31.9 Å². The molecule has 1 N–H and O–H groups in total. The van der Waals surface area contributed by atoms with Crippen LogP contribution in [-0.4, -0.2) is 55.4 Å². The number of hydrogen-bond acceptors (Lipinski definition) is 7. The molecule has 0 radical (unpaired) electrons. The van der Waals surface area contributed by atoms with Crippen molar-refractivity contribution >= 4 is 11.7 Å². The van der Waals surface area contributed by atoms with Crippen LogP contribution in [0.25, 0.3) is 0 Å². The molecule has 2 aromatic heterocycles. The lowest BCUT2D eigenvalue weighted by Gasteiger charge is -2.33. The van der Waals surface area contributed by atoms with Gasteiger partial charge in [-0.25, -0.2) is 4.98 Å². The van der Waals surface area contributed by atoms with Crippen molar-refractivity contribution in [2.45, 2.75) is 39.0 Å². The van der Waals surface area contributed by atoms with Crippen molar-refractivity contribution in [1.82, 2.24) is 15.3 Å². The number of carbonyl (C=O) groups is 1. The van der Waals surface area contributed by atoms with E-state index < -0.39 is 0 Å². The topological polar surface area (TPSA) is 85.8 Å². The standard InChI is InChI=1S/C22H28N4O4/c1-15-11-19-20(13-24-22(19)27)25-21(15)26-7-5-17(6-8-26)30-18-4-3-16(23-12-18)14-29-10-9-28-2/h3-4,11-12,17H,5-10,13-14H2,1-2H3,(H,24,27). The first-order valence-corrected chi connectivity index (χ1v) is 10.4. The summed E-state index contributed by atoms with van der Waals surface area (Å²) >= 11 is 0. The van der Waals surface area contributed by atoms with Gasteiger partial charge in [0.1, 0.15) is 17.7 Å². The van der Waals surface area contributed by atoms with Gasteiger partial charge in [0.15, 0.2) is 0 Å². The highest BCUT2D eigenvalue weighted by molar-refractivity contribution is 5.98. The highest BCUT2D eigenvalue weighted by atomic mass is 16.5. The van der Waals surface area contributed by atoms with Crippen molar-refractivity contribution in [2.75, 3.05) is 38.3 Å². The van der Waals surface area contributed by atoms with Crippen LogP contribution in [0.3, 0.4) is 0 Å². The fraction of sp³-hybridized carbons (Fsp3) is 0.500. The summed E-state index contributed by atoms with van der Waals surface area (Å²) in [6.07, 6.45) is 3.75. The van der Waals surface area contributed by atoms with Crippen molar-refractivity contribution in [3.8, 4) is 5.75 Å². The van der Waals surface area contributed by atoms with E-state index >= 15 is 0 Å².